The first kappa shape index (κ1) is 71.8. The van der Waals surface area contributed by atoms with Gasteiger partial charge in [-0.2, -0.15) is 0 Å². The van der Waals surface area contributed by atoms with Crippen molar-refractivity contribution in [3.63, 3.8) is 0 Å². The van der Waals surface area contributed by atoms with E-state index >= 15 is 0 Å². The van der Waals surface area contributed by atoms with Gasteiger partial charge in [0, 0.05) is 11.1 Å². The maximum atomic E-state index is 12.0. The molecule has 0 amide bonds. The second kappa shape index (κ2) is 57.5. The van der Waals surface area contributed by atoms with Gasteiger partial charge in [-0.15, -0.1) is 0 Å². The summed E-state index contributed by atoms with van der Waals surface area (Å²) in [5.41, 5.74) is -0.175. The van der Waals surface area contributed by atoms with Crippen molar-refractivity contribution in [2.75, 3.05) is 13.2 Å². The molecule has 71 heavy (non-hydrogen) atoms. The van der Waals surface area contributed by atoms with E-state index in [1.54, 1.807) is 24.3 Å². The zero-order valence-electron chi connectivity index (χ0n) is 45.6. The third-order valence-corrected chi connectivity index (χ3v) is 11.7. The monoisotopic (exact) mass is 1090 g/mol. The van der Waals surface area contributed by atoms with Gasteiger partial charge in [-0.05, 0) is 63.5 Å². The molecule has 0 unspecified atom stereocenters. The van der Waals surface area contributed by atoms with Crippen molar-refractivity contribution >= 4 is 47.8 Å². The van der Waals surface area contributed by atoms with Gasteiger partial charge in [0.15, 0.2) is 0 Å². The van der Waals surface area contributed by atoms with Crippen LogP contribution >= 0.6 is 0 Å². The molecule has 400 valence electrons. The first-order chi connectivity index (χ1) is 34.2. The number of hydrogen-bond donors (Lipinski definition) is 0. The van der Waals surface area contributed by atoms with E-state index in [0.717, 1.165) is 51.4 Å². The van der Waals surface area contributed by atoms with Crippen molar-refractivity contribution in [3.05, 3.63) is 109 Å². The average Bonchev–Trinajstić information content (AvgIpc) is 3.37. The molecule has 2 aromatic rings. The summed E-state index contributed by atoms with van der Waals surface area (Å²) in [5, 5.41) is 22.0. The molecule has 0 spiro atoms. The Balaban J connectivity index is -0.000000986. The summed E-state index contributed by atoms with van der Waals surface area (Å²) in [6.45, 7) is 17.1. The number of benzene rings is 2. The minimum Gasteiger partial charge on any atom is -0.545 e. The fraction of sp³-hybridized carbons (Fsp3) is 0.645. The van der Waals surface area contributed by atoms with Crippen LogP contribution in [0.2, 0.25) is 0 Å². The van der Waals surface area contributed by atoms with E-state index in [4.69, 9.17) is 9.47 Å². The molecule has 2 aromatic carbocycles. The minimum absolute atomic E-state index is 0. The Hall–Kier alpha value is -3.40. The van der Waals surface area contributed by atoms with Crippen LogP contribution in [0.3, 0.4) is 0 Å². The van der Waals surface area contributed by atoms with E-state index in [1.807, 2.05) is 0 Å². The first-order valence-electron chi connectivity index (χ1n) is 28.0. The van der Waals surface area contributed by atoms with Crippen molar-refractivity contribution < 1.29 is 38.9 Å². The summed E-state index contributed by atoms with van der Waals surface area (Å²) in [4.78, 5) is 45.9. The van der Waals surface area contributed by atoms with E-state index < -0.39 is 23.9 Å². The number of carbonyl (C=O) groups excluding carboxylic acids is 4. The smallest absolute Gasteiger partial charge is 0.545 e. The van der Waals surface area contributed by atoms with Crippen molar-refractivity contribution in [2.24, 2.45) is 0 Å². The number of aromatic carboxylic acids is 2. The fourth-order valence-corrected chi connectivity index (χ4v) is 7.39. The largest absolute Gasteiger partial charge is 2.00 e. The zero-order valence-corrected chi connectivity index (χ0v) is 48.4. The summed E-state index contributed by atoms with van der Waals surface area (Å²) in [7, 11) is 0. The second-order valence-corrected chi connectivity index (χ2v) is 18.2. The summed E-state index contributed by atoms with van der Waals surface area (Å²) in [6.07, 6.45) is 51.3. The van der Waals surface area contributed by atoms with Crippen LogP contribution < -0.4 is 10.2 Å². The van der Waals surface area contributed by atoms with Gasteiger partial charge in [-0.3, -0.25) is 0 Å². The van der Waals surface area contributed by atoms with Gasteiger partial charge >= 0.3 is 35.8 Å². The number of allylic oxidation sites excluding steroid dienone is 4. The van der Waals surface area contributed by atoms with Crippen LogP contribution in [0, 0.1) is 13.8 Å². The van der Waals surface area contributed by atoms with E-state index in [-0.39, 0.29) is 59.4 Å². The van der Waals surface area contributed by atoms with E-state index in [1.165, 1.54) is 191 Å². The van der Waals surface area contributed by atoms with Crippen molar-refractivity contribution in [3.8, 4) is 0 Å². The Morgan fingerprint density at radius 2 is 0.620 bits per heavy atom. The third-order valence-electron chi connectivity index (χ3n) is 11.7. The zero-order chi connectivity index (χ0) is 52.0. The number of unbranched alkanes of at least 4 members (excludes halogenated alkanes) is 28. The van der Waals surface area contributed by atoms with Gasteiger partial charge < -0.3 is 29.3 Å². The Kier molecular flexibility index (Phi) is 58.2. The number of carboxylic acid groups (broad SMARTS) is 2. The summed E-state index contributed by atoms with van der Waals surface area (Å²) in [6, 6.07) is 11.9. The average molecular weight is 1090 g/mol. The van der Waals surface area contributed by atoms with Crippen LogP contribution in [0.15, 0.2) is 72.8 Å². The second-order valence-electron chi connectivity index (χ2n) is 18.2. The minimum atomic E-state index is -1.37. The van der Waals surface area contributed by atoms with Crippen LogP contribution in [0.5, 0.6) is 0 Å². The molecule has 0 saturated heterocycles. The quantitative estimate of drug-likeness (QED) is 0.0279. The molecule has 0 atom stereocenters. The number of ether oxygens (including phenoxy) is 2. The summed E-state index contributed by atoms with van der Waals surface area (Å²) < 4.78 is 10.3. The van der Waals surface area contributed by atoms with Gasteiger partial charge in [-0.25, -0.2) is 9.59 Å². The molecule has 8 nitrogen and oxygen atoms in total. The van der Waals surface area contributed by atoms with Gasteiger partial charge in [0.05, 0.1) is 36.3 Å². The molecule has 2 rings (SSSR count). The first-order valence-corrected chi connectivity index (χ1v) is 28.0. The molecular formula is C62H100O8Sn. The van der Waals surface area contributed by atoms with Gasteiger partial charge in [0.25, 0.3) is 0 Å². The van der Waals surface area contributed by atoms with Crippen LogP contribution in [0.4, 0.5) is 0 Å². The van der Waals surface area contributed by atoms with Crippen molar-refractivity contribution in [1.29, 1.82) is 0 Å². The van der Waals surface area contributed by atoms with Crippen LogP contribution in [0.25, 0.3) is 0 Å². The summed E-state index contributed by atoms with van der Waals surface area (Å²) in [5.74, 6) is -3.96. The molecule has 0 aliphatic carbocycles. The predicted molar refractivity (Wildman–Crippen MR) is 297 cm³/mol. The van der Waals surface area contributed by atoms with Gasteiger partial charge in [-0.1, -0.05) is 269 Å². The Bertz CT molecular complexity index is 1440. The number of esters is 2. The predicted octanol–water partition coefficient (Wildman–Crippen LogP) is 16.1. The molecule has 0 N–H and O–H groups in total. The fourth-order valence-electron chi connectivity index (χ4n) is 7.39. The van der Waals surface area contributed by atoms with E-state index in [9.17, 15) is 29.4 Å². The maximum Gasteiger partial charge on any atom is 2.00 e. The molecule has 0 heterocycles. The molecule has 0 aromatic heterocycles. The van der Waals surface area contributed by atoms with E-state index in [2.05, 4.69) is 65.8 Å². The number of rotatable bonds is 40. The topological polar surface area (TPSA) is 133 Å². The van der Waals surface area contributed by atoms with Crippen molar-refractivity contribution in [1.82, 2.24) is 0 Å². The molecular weight excluding hydrogens is 991 g/mol. The standard InChI is InChI=1S/2C23H34O4.2C8H17.Sn/c2*1-2-3-4-5-6-7-8-9-10-11-12-13-16-19-27-23(26)21-18-15-14-17-20(21)22(24)25;2*1-3-5-7-8-6-4-2;/h2*11-12,14-15,17-18H,2-10,13,16,19H2,1H3,(H,24,25);2*1,3-8H2,2H3;/q;;;;+2/p-2/b2*12-11+;;;. The Morgan fingerprint density at radius 1 is 0.380 bits per heavy atom. The summed E-state index contributed by atoms with van der Waals surface area (Å²) >= 11 is 0. The normalized spacial score (nSPS) is 10.6. The molecule has 9 heteroatoms. The molecule has 0 fully saturated rings. The molecule has 0 aliphatic heterocycles. The van der Waals surface area contributed by atoms with Crippen LogP contribution in [-0.2, 0) is 9.47 Å². The van der Waals surface area contributed by atoms with Crippen LogP contribution in [-0.4, -0.2) is 61.0 Å². The third kappa shape index (κ3) is 47.4. The number of carbonyl (C=O) groups is 4. The number of carboxylic acids is 2. The van der Waals surface area contributed by atoms with E-state index in [0.29, 0.717) is 0 Å². The molecule has 0 aliphatic rings. The molecule has 0 bridgehead atoms. The van der Waals surface area contributed by atoms with Gasteiger partial charge in [0.2, 0.25) is 0 Å². The molecule has 0 saturated carbocycles. The maximum absolute atomic E-state index is 12.0. The SMILES string of the molecule is CCCCCCCCCC/C=C/CCCOC(=O)c1ccccc1C(=O)[O-].CCCCCCCCCC/C=C/CCCOC(=O)c1ccccc1C(=O)[O-].[CH2]CCCCCCC.[CH2]CCCCCCC.[Sn+2]. The van der Waals surface area contributed by atoms with Crippen LogP contribution in [0.1, 0.15) is 287 Å². The van der Waals surface area contributed by atoms with Gasteiger partial charge in [0.1, 0.15) is 0 Å². The molecule has 4 radical (unpaired) electrons. The number of hydrogen-bond acceptors (Lipinski definition) is 8. The Morgan fingerprint density at radius 3 is 0.887 bits per heavy atom. The Labute approximate surface area is 452 Å². The van der Waals surface area contributed by atoms with Crippen molar-refractivity contribution in [2.45, 2.75) is 246 Å².